The number of hydrogen-bond donors (Lipinski definition) is 0. The van der Waals surface area contributed by atoms with Crippen molar-refractivity contribution in [3.8, 4) is 11.1 Å². The predicted octanol–water partition coefficient (Wildman–Crippen LogP) is 5.18. The standard InChI is InChI=1S/C16H10F6O2/c1-24-14(23)13-11(6-3-7-12(13)16(20,21)22)9-4-2-5-10(8-9)15(17,18)19/h2-8H,1H3. The summed E-state index contributed by atoms with van der Waals surface area (Å²) in [5, 5.41) is 0. The van der Waals surface area contributed by atoms with Gasteiger partial charge in [-0.15, -0.1) is 0 Å². The van der Waals surface area contributed by atoms with Gasteiger partial charge in [0.05, 0.1) is 23.8 Å². The summed E-state index contributed by atoms with van der Waals surface area (Å²) in [6, 6.07) is 6.54. The molecule has 8 heteroatoms. The lowest BCUT2D eigenvalue weighted by Gasteiger charge is -2.16. The number of alkyl halides is 6. The zero-order chi connectivity index (χ0) is 18.1. The molecular weight excluding hydrogens is 338 g/mol. The molecule has 0 amide bonds. The van der Waals surface area contributed by atoms with Crippen LogP contribution < -0.4 is 0 Å². The summed E-state index contributed by atoms with van der Waals surface area (Å²) >= 11 is 0. The molecule has 24 heavy (non-hydrogen) atoms. The van der Waals surface area contributed by atoms with Crippen molar-refractivity contribution in [3.63, 3.8) is 0 Å². The van der Waals surface area contributed by atoms with Gasteiger partial charge < -0.3 is 4.74 Å². The highest BCUT2D eigenvalue weighted by Crippen LogP contribution is 2.38. The van der Waals surface area contributed by atoms with Gasteiger partial charge >= 0.3 is 18.3 Å². The smallest absolute Gasteiger partial charge is 0.417 e. The van der Waals surface area contributed by atoms with E-state index in [9.17, 15) is 31.1 Å². The average Bonchev–Trinajstić information content (AvgIpc) is 2.52. The Hall–Kier alpha value is -2.51. The van der Waals surface area contributed by atoms with E-state index in [1.54, 1.807) is 0 Å². The Kier molecular flexibility index (Phi) is 4.59. The Morgan fingerprint density at radius 2 is 1.54 bits per heavy atom. The quantitative estimate of drug-likeness (QED) is 0.552. The van der Waals surface area contributed by atoms with Gasteiger partial charge in [0, 0.05) is 0 Å². The summed E-state index contributed by atoms with van der Waals surface area (Å²) in [7, 11) is 0.894. The van der Waals surface area contributed by atoms with Gasteiger partial charge in [0.25, 0.3) is 0 Å². The van der Waals surface area contributed by atoms with Crippen LogP contribution in [0, 0.1) is 0 Å². The first-order chi connectivity index (χ1) is 11.1. The molecular formula is C16H10F6O2. The number of ether oxygens (including phenoxy) is 1. The van der Waals surface area contributed by atoms with Crippen LogP contribution in [0.3, 0.4) is 0 Å². The molecule has 2 aromatic rings. The highest BCUT2D eigenvalue weighted by atomic mass is 19.4. The van der Waals surface area contributed by atoms with E-state index < -0.39 is 35.0 Å². The lowest BCUT2D eigenvalue weighted by molar-refractivity contribution is -0.138. The maximum atomic E-state index is 13.1. The van der Waals surface area contributed by atoms with Gasteiger partial charge in [0.15, 0.2) is 0 Å². The third-order valence-corrected chi connectivity index (χ3v) is 3.26. The average molecular weight is 348 g/mol. The number of esters is 1. The number of benzene rings is 2. The lowest BCUT2D eigenvalue weighted by atomic mass is 9.94. The van der Waals surface area contributed by atoms with Crippen LogP contribution in [0.2, 0.25) is 0 Å². The Balaban J connectivity index is 2.74. The van der Waals surface area contributed by atoms with Crippen LogP contribution in [-0.2, 0) is 17.1 Å². The van der Waals surface area contributed by atoms with Crippen LogP contribution in [0.15, 0.2) is 42.5 Å². The first-order valence-corrected chi connectivity index (χ1v) is 6.52. The second kappa shape index (κ2) is 6.18. The molecule has 0 bridgehead atoms. The molecule has 0 aromatic heterocycles. The summed E-state index contributed by atoms with van der Waals surface area (Å²) < 4.78 is 82.2. The van der Waals surface area contributed by atoms with Crippen molar-refractivity contribution >= 4 is 5.97 Å². The summed E-state index contributed by atoms with van der Waals surface area (Å²) in [5.74, 6) is -1.28. The van der Waals surface area contributed by atoms with Crippen molar-refractivity contribution in [1.29, 1.82) is 0 Å². The Morgan fingerprint density at radius 3 is 2.08 bits per heavy atom. The van der Waals surface area contributed by atoms with Gasteiger partial charge in [-0.05, 0) is 29.3 Å². The van der Waals surface area contributed by atoms with Crippen molar-refractivity contribution in [2.45, 2.75) is 12.4 Å². The molecule has 0 unspecified atom stereocenters. The normalized spacial score (nSPS) is 12.1. The minimum Gasteiger partial charge on any atom is -0.465 e. The van der Waals surface area contributed by atoms with E-state index in [2.05, 4.69) is 4.74 Å². The molecule has 2 aromatic carbocycles. The molecule has 0 N–H and O–H groups in total. The first kappa shape index (κ1) is 17.8. The molecule has 0 aliphatic heterocycles. The number of halogens is 6. The highest BCUT2D eigenvalue weighted by Gasteiger charge is 2.37. The third kappa shape index (κ3) is 3.52. The molecule has 2 rings (SSSR count). The molecule has 128 valence electrons. The number of hydrogen-bond acceptors (Lipinski definition) is 2. The van der Waals surface area contributed by atoms with Crippen molar-refractivity contribution < 1.29 is 35.9 Å². The van der Waals surface area contributed by atoms with Gasteiger partial charge in [-0.25, -0.2) is 4.79 Å². The predicted molar refractivity (Wildman–Crippen MR) is 73.2 cm³/mol. The molecule has 0 aliphatic rings. The second-order valence-electron chi connectivity index (χ2n) is 4.80. The molecule has 0 heterocycles. The van der Waals surface area contributed by atoms with Gasteiger partial charge in [-0.2, -0.15) is 26.3 Å². The monoisotopic (exact) mass is 348 g/mol. The maximum absolute atomic E-state index is 13.1. The van der Waals surface area contributed by atoms with Crippen LogP contribution >= 0.6 is 0 Å². The zero-order valence-corrected chi connectivity index (χ0v) is 12.1. The van der Waals surface area contributed by atoms with E-state index in [1.807, 2.05) is 0 Å². The van der Waals surface area contributed by atoms with Crippen molar-refractivity contribution in [3.05, 3.63) is 59.2 Å². The van der Waals surface area contributed by atoms with E-state index in [1.165, 1.54) is 6.07 Å². The molecule has 2 nitrogen and oxygen atoms in total. The number of methoxy groups -OCH3 is 1. The van der Waals surface area contributed by atoms with E-state index in [0.717, 1.165) is 31.4 Å². The summed E-state index contributed by atoms with van der Waals surface area (Å²) in [6.07, 6.45) is -9.52. The van der Waals surface area contributed by atoms with E-state index in [0.29, 0.717) is 12.1 Å². The van der Waals surface area contributed by atoms with E-state index >= 15 is 0 Å². The molecule has 0 spiro atoms. The van der Waals surface area contributed by atoms with Crippen molar-refractivity contribution in [2.75, 3.05) is 7.11 Å². The summed E-state index contributed by atoms with van der Waals surface area (Å²) in [6.45, 7) is 0. The third-order valence-electron chi connectivity index (χ3n) is 3.26. The molecule has 0 atom stereocenters. The van der Waals surface area contributed by atoms with Gasteiger partial charge in [-0.1, -0.05) is 24.3 Å². The van der Waals surface area contributed by atoms with Crippen molar-refractivity contribution in [2.24, 2.45) is 0 Å². The summed E-state index contributed by atoms with van der Waals surface area (Å²) in [4.78, 5) is 11.8. The Bertz CT molecular complexity index is 762. The maximum Gasteiger partial charge on any atom is 0.417 e. The van der Waals surface area contributed by atoms with Gasteiger partial charge in [-0.3, -0.25) is 0 Å². The minimum atomic E-state index is -4.86. The number of carbonyl (C=O) groups is 1. The molecule has 0 saturated heterocycles. The van der Waals surface area contributed by atoms with Gasteiger partial charge in [0.2, 0.25) is 0 Å². The fourth-order valence-corrected chi connectivity index (χ4v) is 2.21. The topological polar surface area (TPSA) is 26.3 Å². The first-order valence-electron chi connectivity index (χ1n) is 6.52. The van der Waals surface area contributed by atoms with Gasteiger partial charge in [0.1, 0.15) is 0 Å². The second-order valence-corrected chi connectivity index (χ2v) is 4.80. The van der Waals surface area contributed by atoms with Crippen LogP contribution in [0.1, 0.15) is 21.5 Å². The number of carbonyl (C=O) groups excluding carboxylic acids is 1. The zero-order valence-electron chi connectivity index (χ0n) is 12.1. The molecule has 0 radical (unpaired) electrons. The molecule has 0 fully saturated rings. The molecule has 0 saturated carbocycles. The van der Waals surface area contributed by atoms with Crippen molar-refractivity contribution in [1.82, 2.24) is 0 Å². The number of rotatable bonds is 2. The molecule has 0 aliphatic carbocycles. The van der Waals surface area contributed by atoms with Crippen LogP contribution in [-0.4, -0.2) is 13.1 Å². The SMILES string of the molecule is COC(=O)c1c(-c2cccc(C(F)(F)F)c2)cccc1C(F)(F)F. The largest absolute Gasteiger partial charge is 0.465 e. The van der Waals surface area contributed by atoms with E-state index in [-0.39, 0.29) is 11.1 Å². The summed E-state index contributed by atoms with van der Waals surface area (Å²) in [5.41, 5.74) is -3.59. The fourth-order valence-electron chi connectivity index (χ4n) is 2.21. The Morgan fingerprint density at radius 1 is 0.917 bits per heavy atom. The minimum absolute atomic E-state index is 0.170. The Labute approximate surface area is 132 Å². The van der Waals surface area contributed by atoms with Crippen LogP contribution in [0.5, 0.6) is 0 Å². The van der Waals surface area contributed by atoms with Crippen LogP contribution in [0.4, 0.5) is 26.3 Å². The lowest BCUT2D eigenvalue weighted by Crippen LogP contribution is -2.15. The fraction of sp³-hybridized carbons (Fsp3) is 0.188. The van der Waals surface area contributed by atoms with E-state index in [4.69, 9.17) is 0 Å². The highest BCUT2D eigenvalue weighted by molar-refractivity contribution is 5.99. The van der Waals surface area contributed by atoms with Crippen LogP contribution in [0.25, 0.3) is 11.1 Å².